The topological polar surface area (TPSA) is 38.8 Å². The maximum absolute atomic E-state index is 12.5. The molecule has 1 aliphatic rings. The van der Waals surface area contributed by atoms with Gasteiger partial charge in [-0.15, -0.1) is 13.2 Å². The molecule has 0 aromatic heterocycles. The van der Waals surface area contributed by atoms with Crippen molar-refractivity contribution in [3.05, 3.63) is 47.1 Å². The third-order valence-electron chi connectivity index (χ3n) is 3.39. The number of halogens is 4. The van der Waals surface area contributed by atoms with Gasteiger partial charge in [0.1, 0.15) is 0 Å². The lowest BCUT2D eigenvalue weighted by molar-refractivity contribution is -0.304. The van der Waals surface area contributed by atoms with Crippen molar-refractivity contribution in [2.75, 3.05) is 6.61 Å². The van der Waals surface area contributed by atoms with Crippen LogP contribution < -0.4 is 0 Å². The smallest absolute Gasteiger partial charge is 0.466 e. The average molecular weight is 380 g/mol. The minimum Gasteiger partial charge on any atom is -0.466 e. The van der Waals surface area contributed by atoms with E-state index in [1.807, 2.05) is 6.92 Å². The van der Waals surface area contributed by atoms with Gasteiger partial charge in [0, 0.05) is 18.5 Å². The zero-order valence-corrected chi connectivity index (χ0v) is 15.1. The number of nitrogens with zero attached hydrogens (tertiary/aromatic N) is 1. The lowest BCUT2D eigenvalue weighted by atomic mass is 9.97. The van der Waals surface area contributed by atoms with Crippen LogP contribution in [0.15, 0.2) is 47.1 Å². The molecule has 1 heterocycles. The van der Waals surface area contributed by atoms with Crippen LogP contribution in [0.5, 0.6) is 0 Å². The van der Waals surface area contributed by atoms with Crippen molar-refractivity contribution in [1.82, 2.24) is 4.90 Å². The van der Waals surface area contributed by atoms with Crippen molar-refractivity contribution in [1.29, 1.82) is 0 Å². The average Bonchev–Trinajstić information content (AvgIpc) is 2.49. The van der Waals surface area contributed by atoms with Crippen molar-refractivity contribution < 1.29 is 27.4 Å². The number of hydrogen-bond acceptors (Lipinski definition) is 4. The first kappa shape index (κ1) is 21.2. The zero-order valence-electron chi connectivity index (χ0n) is 14.3. The van der Waals surface area contributed by atoms with Crippen molar-refractivity contribution >= 4 is 17.6 Å². The molecule has 0 spiro atoms. The van der Waals surface area contributed by atoms with E-state index in [1.54, 1.807) is 20.0 Å². The molecule has 1 aliphatic heterocycles. The fourth-order valence-electron chi connectivity index (χ4n) is 2.19. The van der Waals surface area contributed by atoms with Gasteiger partial charge in [0.05, 0.1) is 23.3 Å². The molecule has 0 fully saturated rings. The Morgan fingerprint density at radius 1 is 1.44 bits per heavy atom. The highest BCUT2D eigenvalue weighted by Gasteiger charge is 2.34. The highest BCUT2D eigenvalue weighted by atomic mass is 35.5. The van der Waals surface area contributed by atoms with E-state index >= 15 is 0 Å². The number of hydrogen-bond donors (Lipinski definition) is 0. The molecule has 0 bridgehead atoms. The number of alkyl halides is 3. The maximum Gasteiger partial charge on any atom is 0.573 e. The Bertz CT molecular complexity index is 609. The normalized spacial score (nSPS) is 17.0. The Hall–Kier alpha value is -1.89. The van der Waals surface area contributed by atoms with Gasteiger partial charge in [0.25, 0.3) is 0 Å². The highest BCUT2D eigenvalue weighted by Crippen LogP contribution is 2.32. The van der Waals surface area contributed by atoms with Crippen LogP contribution in [0.1, 0.15) is 33.6 Å². The van der Waals surface area contributed by atoms with Gasteiger partial charge in [0.2, 0.25) is 0 Å². The minimum atomic E-state index is -4.86. The zero-order chi connectivity index (χ0) is 19.2. The summed E-state index contributed by atoms with van der Waals surface area (Å²) in [6, 6.07) is 0. The Morgan fingerprint density at radius 3 is 2.60 bits per heavy atom. The van der Waals surface area contributed by atoms with Gasteiger partial charge >= 0.3 is 12.3 Å². The minimum absolute atomic E-state index is 0.0358. The third kappa shape index (κ3) is 6.49. The predicted molar refractivity (Wildman–Crippen MR) is 88.9 cm³/mol. The van der Waals surface area contributed by atoms with E-state index in [9.17, 15) is 18.0 Å². The van der Waals surface area contributed by atoms with Crippen LogP contribution in [-0.4, -0.2) is 23.8 Å². The van der Waals surface area contributed by atoms with E-state index in [1.165, 1.54) is 11.1 Å². The summed E-state index contributed by atoms with van der Waals surface area (Å²) in [6.07, 6.45) is 0.436. The summed E-state index contributed by atoms with van der Waals surface area (Å²) in [6.45, 7) is 9.18. The van der Waals surface area contributed by atoms with E-state index in [2.05, 4.69) is 11.3 Å². The van der Waals surface area contributed by atoms with E-state index < -0.39 is 24.0 Å². The van der Waals surface area contributed by atoms with Gasteiger partial charge in [0.15, 0.2) is 5.76 Å². The van der Waals surface area contributed by atoms with Crippen LogP contribution in [0.4, 0.5) is 13.2 Å². The number of rotatable bonds is 7. The molecule has 1 rings (SSSR count). The van der Waals surface area contributed by atoms with Gasteiger partial charge in [-0.05, 0) is 25.8 Å². The molecule has 0 N–H and O–H groups in total. The number of carbonyl (C=O) groups is 1. The van der Waals surface area contributed by atoms with Crippen LogP contribution in [0, 0.1) is 5.92 Å². The third-order valence-corrected chi connectivity index (χ3v) is 3.60. The molecule has 0 aromatic rings. The Morgan fingerprint density at radius 2 is 2.08 bits per heavy atom. The standard InChI is InChI=1S/C17H21ClF3NO3/c1-5-7-13(11(3)16(23)24-6-2)9-22-10-14(18)8-15(12(22)4)25-17(19,20)21/h8-11H,4-7H2,1-3H3/b13-9+. The molecule has 0 saturated heterocycles. The van der Waals surface area contributed by atoms with Crippen molar-refractivity contribution in [3.63, 3.8) is 0 Å². The number of carbonyl (C=O) groups excluding carboxylic acids is 1. The Balaban J connectivity index is 3.10. The summed E-state index contributed by atoms with van der Waals surface area (Å²) >= 11 is 5.89. The molecule has 25 heavy (non-hydrogen) atoms. The molecule has 0 saturated carbocycles. The maximum atomic E-state index is 12.5. The van der Waals surface area contributed by atoms with E-state index in [0.717, 1.165) is 12.5 Å². The van der Waals surface area contributed by atoms with Crippen LogP contribution in [0.2, 0.25) is 0 Å². The van der Waals surface area contributed by atoms with Gasteiger partial charge in [-0.3, -0.25) is 4.79 Å². The van der Waals surface area contributed by atoms with Crippen molar-refractivity contribution in [2.45, 2.75) is 40.0 Å². The van der Waals surface area contributed by atoms with Gasteiger partial charge < -0.3 is 14.4 Å². The van der Waals surface area contributed by atoms with E-state index in [0.29, 0.717) is 12.0 Å². The van der Waals surface area contributed by atoms with Crippen LogP contribution >= 0.6 is 11.6 Å². The summed E-state index contributed by atoms with van der Waals surface area (Å²) in [5.74, 6) is -1.45. The van der Waals surface area contributed by atoms with Crippen LogP contribution in [0.3, 0.4) is 0 Å². The fourth-order valence-corrected chi connectivity index (χ4v) is 2.40. The molecule has 0 radical (unpaired) electrons. The quantitative estimate of drug-likeness (QED) is 0.570. The summed E-state index contributed by atoms with van der Waals surface area (Å²) in [5, 5.41) is 0.0440. The molecule has 0 amide bonds. The second-order valence-corrected chi connectivity index (χ2v) is 5.79. The molecular formula is C17H21ClF3NO3. The summed E-state index contributed by atoms with van der Waals surface area (Å²) in [5.41, 5.74) is 0.655. The molecule has 8 heteroatoms. The molecule has 4 nitrogen and oxygen atoms in total. The first-order chi connectivity index (χ1) is 11.6. The SMILES string of the molecule is C=C1C(OC(F)(F)F)=CC(Cl)=CN1/C=C(\CCC)C(C)C(=O)OCC. The number of ether oxygens (including phenoxy) is 2. The first-order valence-corrected chi connectivity index (χ1v) is 8.16. The summed E-state index contributed by atoms with van der Waals surface area (Å²) in [4.78, 5) is 13.3. The molecule has 0 aromatic carbocycles. The molecule has 0 aliphatic carbocycles. The predicted octanol–water partition coefficient (Wildman–Crippen LogP) is 5.20. The second-order valence-electron chi connectivity index (χ2n) is 5.35. The van der Waals surface area contributed by atoms with E-state index in [-0.39, 0.29) is 17.3 Å². The number of esters is 1. The fraction of sp³-hybridized carbons (Fsp3) is 0.471. The lowest BCUT2D eigenvalue weighted by Gasteiger charge is -2.27. The van der Waals surface area contributed by atoms with Crippen LogP contribution in [0.25, 0.3) is 0 Å². The first-order valence-electron chi connectivity index (χ1n) is 7.78. The van der Waals surface area contributed by atoms with Crippen LogP contribution in [-0.2, 0) is 14.3 Å². The molecular weight excluding hydrogens is 359 g/mol. The highest BCUT2D eigenvalue weighted by molar-refractivity contribution is 6.31. The van der Waals surface area contributed by atoms with Gasteiger partial charge in [-0.2, -0.15) is 0 Å². The Kier molecular flexibility index (Phi) is 7.60. The molecule has 140 valence electrons. The van der Waals surface area contributed by atoms with E-state index in [4.69, 9.17) is 16.3 Å². The van der Waals surface area contributed by atoms with Gasteiger partial charge in [-0.25, -0.2) is 0 Å². The van der Waals surface area contributed by atoms with Crippen molar-refractivity contribution in [3.8, 4) is 0 Å². The van der Waals surface area contributed by atoms with Crippen molar-refractivity contribution in [2.24, 2.45) is 5.92 Å². The molecule has 1 atom stereocenters. The Labute approximate surface area is 150 Å². The second kappa shape index (κ2) is 8.99. The molecule has 1 unspecified atom stereocenters. The lowest BCUT2D eigenvalue weighted by Crippen LogP contribution is -2.23. The largest absolute Gasteiger partial charge is 0.573 e. The number of allylic oxidation sites excluding steroid dienone is 2. The summed E-state index contributed by atoms with van der Waals surface area (Å²) in [7, 11) is 0. The van der Waals surface area contributed by atoms with Gasteiger partial charge in [-0.1, -0.05) is 31.5 Å². The summed E-state index contributed by atoms with van der Waals surface area (Å²) < 4.78 is 46.5. The monoisotopic (exact) mass is 379 g/mol.